The fraction of sp³-hybridized carbons (Fsp3) is 0.240. The summed E-state index contributed by atoms with van der Waals surface area (Å²) >= 11 is 1.33. The van der Waals surface area contributed by atoms with Crippen LogP contribution in [-0.4, -0.2) is 41.1 Å². The highest BCUT2D eigenvalue weighted by atomic mass is 32.2. The fourth-order valence-electron chi connectivity index (χ4n) is 4.35. The fourth-order valence-corrected chi connectivity index (χ4v) is 6.28. The Morgan fingerprint density at radius 3 is 2.80 bits per heavy atom. The van der Waals surface area contributed by atoms with Gasteiger partial charge in [0.2, 0.25) is 0 Å². The molecule has 4 heterocycles. The Labute approximate surface area is 207 Å². The van der Waals surface area contributed by atoms with Crippen molar-refractivity contribution < 1.29 is 9.00 Å². The number of carbonyl (C=O) groups excluding carboxylic acids is 1. The normalized spacial score (nSPS) is 14.5. The third-order valence-corrected chi connectivity index (χ3v) is 8.07. The first kappa shape index (κ1) is 22.0. The molecule has 5 aromatic rings. The number of aromatic nitrogens is 5. The summed E-state index contributed by atoms with van der Waals surface area (Å²) in [5.41, 5.74) is 5.59. The van der Waals surface area contributed by atoms with E-state index in [1.807, 2.05) is 48.0 Å². The van der Waals surface area contributed by atoms with Crippen LogP contribution in [0.5, 0.6) is 0 Å². The standard InChI is InChI=1S/C25H22N6O2S2/c1-14-5-3-6-16(28-14)11-31-19-8-4-7-18(20(19)21(30-31)15-9-10-15)29-24(32)17-12-34-23-22(17)26-13-27-25(23)35(2)33/h3-8,12-13,15H,9-11H2,1-2H3,(H,29,32). The summed E-state index contributed by atoms with van der Waals surface area (Å²) in [5, 5.41) is 11.2. The Bertz CT molecular complexity index is 1640. The minimum absolute atomic E-state index is 0.259. The molecule has 1 saturated carbocycles. The number of amides is 1. The van der Waals surface area contributed by atoms with Crippen molar-refractivity contribution in [1.29, 1.82) is 0 Å². The minimum Gasteiger partial charge on any atom is -0.321 e. The number of anilines is 1. The largest absolute Gasteiger partial charge is 0.321 e. The smallest absolute Gasteiger partial charge is 0.258 e. The van der Waals surface area contributed by atoms with Gasteiger partial charge >= 0.3 is 0 Å². The molecule has 4 aromatic heterocycles. The number of nitrogens with one attached hydrogen (secondary N) is 1. The van der Waals surface area contributed by atoms with Crippen LogP contribution in [-0.2, 0) is 17.3 Å². The number of thiophene rings is 1. The van der Waals surface area contributed by atoms with Gasteiger partial charge in [0, 0.05) is 28.6 Å². The van der Waals surface area contributed by atoms with Crippen molar-refractivity contribution in [3.8, 4) is 0 Å². The lowest BCUT2D eigenvalue weighted by Gasteiger charge is -2.08. The Kier molecular flexibility index (Phi) is 5.42. The molecule has 0 saturated heterocycles. The molecular formula is C25H22N6O2S2. The second-order valence-corrected chi connectivity index (χ2v) is 10.9. The van der Waals surface area contributed by atoms with Crippen LogP contribution >= 0.6 is 11.3 Å². The van der Waals surface area contributed by atoms with E-state index in [2.05, 4.69) is 20.3 Å². The van der Waals surface area contributed by atoms with E-state index < -0.39 is 10.8 Å². The quantitative estimate of drug-likeness (QED) is 0.339. The highest BCUT2D eigenvalue weighted by Gasteiger charge is 2.31. The van der Waals surface area contributed by atoms with Gasteiger partial charge in [0.05, 0.1) is 55.7 Å². The molecule has 1 N–H and O–H groups in total. The average molecular weight is 503 g/mol. The first-order valence-electron chi connectivity index (χ1n) is 11.3. The summed E-state index contributed by atoms with van der Waals surface area (Å²) < 4.78 is 14.7. The Morgan fingerprint density at radius 2 is 2.03 bits per heavy atom. The van der Waals surface area contributed by atoms with Gasteiger partial charge in [-0.3, -0.25) is 18.7 Å². The van der Waals surface area contributed by atoms with Crippen LogP contribution in [0.2, 0.25) is 0 Å². The number of hydrogen-bond acceptors (Lipinski definition) is 7. The van der Waals surface area contributed by atoms with Crippen LogP contribution in [0.15, 0.2) is 53.1 Å². The van der Waals surface area contributed by atoms with Crippen molar-refractivity contribution in [3.63, 3.8) is 0 Å². The molecule has 6 rings (SSSR count). The van der Waals surface area contributed by atoms with E-state index in [0.717, 1.165) is 46.5 Å². The van der Waals surface area contributed by atoms with Gasteiger partial charge in [-0.25, -0.2) is 9.97 Å². The van der Waals surface area contributed by atoms with Crippen molar-refractivity contribution in [2.24, 2.45) is 0 Å². The van der Waals surface area contributed by atoms with E-state index in [9.17, 15) is 9.00 Å². The maximum atomic E-state index is 13.4. The Morgan fingerprint density at radius 1 is 1.20 bits per heavy atom. The summed E-state index contributed by atoms with van der Waals surface area (Å²) in [5.74, 6) is 0.143. The first-order valence-corrected chi connectivity index (χ1v) is 13.7. The summed E-state index contributed by atoms with van der Waals surface area (Å²) in [7, 11) is -1.27. The molecule has 8 nitrogen and oxygen atoms in total. The molecular weight excluding hydrogens is 480 g/mol. The maximum absolute atomic E-state index is 13.4. The van der Waals surface area contributed by atoms with E-state index in [4.69, 9.17) is 5.10 Å². The summed E-state index contributed by atoms with van der Waals surface area (Å²) in [6.45, 7) is 2.54. The van der Waals surface area contributed by atoms with Crippen molar-refractivity contribution in [2.45, 2.75) is 37.3 Å². The number of rotatable bonds is 6. The maximum Gasteiger partial charge on any atom is 0.258 e. The van der Waals surface area contributed by atoms with Gasteiger partial charge < -0.3 is 5.32 Å². The van der Waals surface area contributed by atoms with E-state index in [1.165, 1.54) is 17.7 Å². The Hall–Kier alpha value is -3.50. The number of pyridine rings is 1. The second-order valence-electron chi connectivity index (χ2n) is 8.70. The number of nitrogens with zero attached hydrogens (tertiary/aromatic N) is 5. The van der Waals surface area contributed by atoms with Crippen molar-refractivity contribution >= 4 is 54.9 Å². The van der Waals surface area contributed by atoms with Crippen molar-refractivity contribution in [2.75, 3.05) is 11.6 Å². The van der Waals surface area contributed by atoms with Gasteiger partial charge in [-0.15, -0.1) is 11.3 Å². The summed E-state index contributed by atoms with van der Waals surface area (Å²) in [4.78, 5) is 26.4. The van der Waals surface area contributed by atoms with Crippen molar-refractivity contribution in [1.82, 2.24) is 24.7 Å². The first-order chi connectivity index (χ1) is 17.0. The van der Waals surface area contributed by atoms with E-state index in [1.54, 1.807) is 11.6 Å². The number of carbonyl (C=O) groups is 1. The molecule has 0 bridgehead atoms. The van der Waals surface area contributed by atoms with Gasteiger partial charge in [0.1, 0.15) is 11.4 Å². The lowest BCUT2D eigenvalue weighted by Crippen LogP contribution is -2.12. The molecule has 1 unspecified atom stereocenters. The molecule has 10 heteroatoms. The monoisotopic (exact) mass is 502 g/mol. The van der Waals surface area contributed by atoms with Crippen LogP contribution in [0.1, 0.15) is 46.2 Å². The van der Waals surface area contributed by atoms with E-state index >= 15 is 0 Å². The van der Waals surface area contributed by atoms with E-state index in [0.29, 0.717) is 33.3 Å². The Balaban J connectivity index is 1.40. The van der Waals surface area contributed by atoms with Crippen LogP contribution in [0.25, 0.3) is 21.1 Å². The van der Waals surface area contributed by atoms with Gasteiger partial charge in [0.15, 0.2) is 0 Å². The second kappa shape index (κ2) is 8.62. The molecule has 1 amide bonds. The molecule has 0 spiro atoms. The third kappa shape index (κ3) is 4.02. The zero-order chi connectivity index (χ0) is 24.1. The number of fused-ring (bicyclic) bond motifs is 2. The van der Waals surface area contributed by atoms with Crippen LogP contribution in [0.3, 0.4) is 0 Å². The summed E-state index contributed by atoms with van der Waals surface area (Å²) in [6, 6.07) is 11.9. The zero-order valence-corrected chi connectivity index (χ0v) is 20.8. The SMILES string of the molecule is Cc1cccc(Cn2nc(C3CC3)c3c(NC(=O)c4csc5c(S(C)=O)ncnc45)cccc32)n1. The number of hydrogen-bond donors (Lipinski definition) is 1. The molecule has 176 valence electrons. The van der Waals surface area contributed by atoms with Crippen LogP contribution in [0.4, 0.5) is 5.69 Å². The highest BCUT2D eigenvalue weighted by molar-refractivity contribution is 7.84. The molecule has 0 radical (unpaired) electrons. The van der Waals surface area contributed by atoms with Crippen LogP contribution < -0.4 is 5.32 Å². The molecule has 1 aromatic carbocycles. The van der Waals surface area contributed by atoms with Gasteiger partial charge in [-0.2, -0.15) is 5.10 Å². The summed E-state index contributed by atoms with van der Waals surface area (Å²) in [6.07, 6.45) is 5.13. The van der Waals surface area contributed by atoms with Crippen LogP contribution in [0, 0.1) is 6.92 Å². The van der Waals surface area contributed by atoms with Gasteiger partial charge in [-0.1, -0.05) is 12.1 Å². The lowest BCUT2D eigenvalue weighted by atomic mass is 10.1. The molecule has 1 aliphatic rings. The lowest BCUT2D eigenvalue weighted by molar-refractivity contribution is 0.102. The number of aryl methyl sites for hydroxylation is 1. The molecule has 35 heavy (non-hydrogen) atoms. The predicted molar refractivity (Wildman–Crippen MR) is 137 cm³/mol. The van der Waals surface area contributed by atoms with Gasteiger partial charge in [-0.05, 0) is 44.0 Å². The molecule has 0 aliphatic heterocycles. The van der Waals surface area contributed by atoms with E-state index in [-0.39, 0.29) is 5.91 Å². The molecule has 1 fully saturated rings. The van der Waals surface area contributed by atoms with Crippen molar-refractivity contribution in [3.05, 3.63) is 70.8 Å². The predicted octanol–water partition coefficient (Wildman–Crippen LogP) is 4.66. The minimum atomic E-state index is -1.27. The zero-order valence-electron chi connectivity index (χ0n) is 19.2. The number of benzene rings is 1. The molecule has 1 atom stereocenters. The third-order valence-electron chi connectivity index (χ3n) is 6.11. The van der Waals surface area contributed by atoms with Gasteiger partial charge in [0.25, 0.3) is 5.91 Å². The molecule has 1 aliphatic carbocycles. The highest BCUT2D eigenvalue weighted by Crippen LogP contribution is 2.44. The average Bonchev–Trinajstić information content (AvgIpc) is 3.48. The topological polar surface area (TPSA) is 103 Å².